The summed E-state index contributed by atoms with van der Waals surface area (Å²) in [5, 5.41) is 8.61. The number of nitrogens with one attached hydrogen (secondary N) is 2. The Bertz CT molecular complexity index is 723. The van der Waals surface area contributed by atoms with Crippen molar-refractivity contribution < 1.29 is 9.59 Å². The minimum Gasteiger partial charge on any atom is -0.354 e. The monoisotopic (exact) mass is 373 g/mol. The van der Waals surface area contributed by atoms with Gasteiger partial charge in [-0.15, -0.1) is 11.3 Å². The number of rotatable bonds is 9. The zero-order chi connectivity index (χ0) is 18.9. The first-order chi connectivity index (χ1) is 12.4. The second-order valence-electron chi connectivity index (χ2n) is 6.76. The predicted molar refractivity (Wildman–Crippen MR) is 106 cm³/mol. The molecule has 0 atom stereocenters. The average Bonchev–Trinajstić information content (AvgIpc) is 3.05. The molecule has 0 unspecified atom stereocenters. The highest BCUT2D eigenvalue weighted by Crippen LogP contribution is 2.21. The lowest BCUT2D eigenvalue weighted by atomic mass is 10.1. The quantitative estimate of drug-likeness (QED) is 0.708. The molecule has 0 aliphatic heterocycles. The molecule has 2 aromatic rings. The maximum atomic E-state index is 11.8. The highest BCUT2D eigenvalue weighted by molar-refractivity contribution is 7.09. The molecule has 0 aliphatic carbocycles. The third-order valence-electron chi connectivity index (χ3n) is 4.00. The van der Waals surface area contributed by atoms with Gasteiger partial charge in [0, 0.05) is 23.9 Å². The van der Waals surface area contributed by atoms with Crippen LogP contribution in [0.25, 0.3) is 11.3 Å². The van der Waals surface area contributed by atoms with Crippen molar-refractivity contribution in [1.29, 1.82) is 0 Å². The third-order valence-corrected chi connectivity index (χ3v) is 4.77. The Kier molecular flexibility index (Phi) is 7.78. The number of benzene rings is 1. The van der Waals surface area contributed by atoms with Crippen LogP contribution in [-0.4, -0.2) is 29.9 Å². The molecular formula is C20H27N3O2S. The number of hydrogen-bond donors (Lipinski definition) is 2. The van der Waals surface area contributed by atoms with Crippen LogP contribution in [0, 0.1) is 12.8 Å². The Labute approximate surface area is 159 Å². The van der Waals surface area contributed by atoms with Crippen LogP contribution in [0.1, 0.15) is 37.3 Å². The van der Waals surface area contributed by atoms with E-state index in [0.29, 0.717) is 18.9 Å². The van der Waals surface area contributed by atoms with Crippen LogP contribution in [0.3, 0.4) is 0 Å². The van der Waals surface area contributed by atoms with Crippen molar-refractivity contribution in [3.05, 3.63) is 40.2 Å². The number of carbonyl (C=O) groups excluding carboxylic acids is 2. The van der Waals surface area contributed by atoms with E-state index in [-0.39, 0.29) is 18.4 Å². The van der Waals surface area contributed by atoms with Crippen LogP contribution in [0.4, 0.5) is 0 Å². The van der Waals surface area contributed by atoms with Gasteiger partial charge in [0.15, 0.2) is 0 Å². The molecule has 0 bridgehead atoms. The van der Waals surface area contributed by atoms with E-state index in [9.17, 15) is 9.59 Å². The molecule has 0 saturated carbocycles. The molecule has 2 N–H and O–H groups in total. The van der Waals surface area contributed by atoms with Crippen LogP contribution in [0.2, 0.25) is 0 Å². The topological polar surface area (TPSA) is 71.1 Å². The Hall–Kier alpha value is -2.21. The van der Waals surface area contributed by atoms with Gasteiger partial charge in [0.25, 0.3) is 0 Å². The van der Waals surface area contributed by atoms with E-state index in [0.717, 1.165) is 34.7 Å². The largest absolute Gasteiger partial charge is 0.354 e. The van der Waals surface area contributed by atoms with Crippen molar-refractivity contribution in [1.82, 2.24) is 15.6 Å². The number of nitrogens with zero attached hydrogens (tertiary/aromatic N) is 1. The van der Waals surface area contributed by atoms with E-state index in [1.807, 2.05) is 6.92 Å². The van der Waals surface area contributed by atoms with Crippen molar-refractivity contribution in [3.8, 4) is 11.3 Å². The Morgan fingerprint density at radius 1 is 1.12 bits per heavy atom. The van der Waals surface area contributed by atoms with Gasteiger partial charge in [0.05, 0.1) is 17.2 Å². The van der Waals surface area contributed by atoms with Gasteiger partial charge in [0.1, 0.15) is 0 Å². The second-order valence-corrected chi connectivity index (χ2v) is 7.82. The van der Waals surface area contributed by atoms with Crippen LogP contribution in [0.15, 0.2) is 29.6 Å². The Morgan fingerprint density at radius 2 is 1.85 bits per heavy atom. The van der Waals surface area contributed by atoms with Crippen LogP contribution < -0.4 is 10.6 Å². The van der Waals surface area contributed by atoms with E-state index in [2.05, 4.69) is 59.1 Å². The van der Waals surface area contributed by atoms with Gasteiger partial charge in [-0.25, -0.2) is 4.98 Å². The van der Waals surface area contributed by atoms with E-state index in [1.165, 1.54) is 0 Å². The minimum atomic E-state index is -0.155. The van der Waals surface area contributed by atoms with Gasteiger partial charge < -0.3 is 10.6 Å². The standard InChI is InChI=1S/C20H27N3O2S/c1-14(2)4-9-19(24)22-12-20(25)21-11-10-16-5-7-17(8-6-16)18-13-26-15(3)23-18/h5-8,13-14H,4,9-12H2,1-3H3,(H,21,25)(H,22,24). The van der Waals surface area contributed by atoms with Crippen molar-refractivity contribution >= 4 is 23.2 Å². The van der Waals surface area contributed by atoms with Crippen LogP contribution in [-0.2, 0) is 16.0 Å². The van der Waals surface area contributed by atoms with E-state index >= 15 is 0 Å². The summed E-state index contributed by atoms with van der Waals surface area (Å²) in [6.07, 6.45) is 2.06. The first kappa shape index (κ1) is 20.1. The highest BCUT2D eigenvalue weighted by Gasteiger charge is 2.07. The van der Waals surface area contributed by atoms with Gasteiger partial charge in [-0.1, -0.05) is 38.1 Å². The number of carbonyl (C=O) groups is 2. The molecule has 140 valence electrons. The third kappa shape index (κ3) is 6.96. The van der Waals surface area contributed by atoms with Gasteiger partial charge in [-0.3, -0.25) is 9.59 Å². The fraction of sp³-hybridized carbons (Fsp3) is 0.450. The SMILES string of the molecule is Cc1nc(-c2ccc(CCNC(=O)CNC(=O)CCC(C)C)cc2)cs1. The molecular weight excluding hydrogens is 346 g/mol. The summed E-state index contributed by atoms with van der Waals surface area (Å²) in [4.78, 5) is 27.9. The number of hydrogen-bond acceptors (Lipinski definition) is 4. The number of thiazole rings is 1. The summed E-state index contributed by atoms with van der Waals surface area (Å²) < 4.78 is 0. The smallest absolute Gasteiger partial charge is 0.239 e. The Morgan fingerprint density at radius 3 is 2.46 bits per heavy atom. The summed E-state index contributed by atoms with van der Waals surface area (Å²) in [5.41, 5.74) is 3.26. The molecule has 6 heteroatoms. The maximum absolute atomic E-state index is 11.8. The molecule has 1 aromatic carbocycles. The minimum absolute atomic E-state index is 0.0407. The number of aryl methyl sites for hydroxylation is 1. The number of amides is 2. The van der Waals surface area contributed by atoms with E-state index in [1.54, 1.807) is 11.3 Å². The summed E-state index contributed by atoms with van der Waals surface area (Å²) in [6.45, 7) is 6.74. The maximum Gasteiger partial charge on any atom is 0.239 e. The van der Waals surface area contributed by atoms with Crippen LogP contribution in [0.5, 0.6) is 0 Å². The molecule has 0 fully saturated rings. The van der Waals surface area contributed by atoms with Crippen molar-refractivity contribution in [3.63, 3.8) is 0 Å². The van der Waals surface area contributed by atoms with Crippen molar-refractivity contribution in [2.45, 2.75) is 40.0 Å². The summed E-state index contributed by atoms with van der Waals surface area (Å²) in [5.74, 6) is 0.264. The fourth-order valence-corrected chi connectivity index (χ4v) is 3.06. The van der Waals surface area contributed by atoms with E-state index < -0.39 is 0 Å². The summed E-state index contributed by atoms with van der Waals surface area (Å²) >= 11 is 1.64. The molecule has 1 heterocycles. The van der Waals surface area contributed by atoms with Crippen LogP contribution >= 0.6 is 11.3 Å². The second kappa shape index (κ2) is 10.1. The van der Waals surface area contributed by atoms with Crippen molar-refractivity contribution in [2.24, 2.45) is 5.92 Å². The first-order valence-corrected chi connectivity index (χ1v) is 9.87. The average molecular weight is 374 g/mol. The lowest BCUT2D eigenvalue weighted by molar-refractivity contribution is -0.126. The molecule has 5 nitrogen and oxygen atoms in total. The van der Waals surface area contributed by atoms with Gasteiger partial charge in [-0.2, -0.15) is 0 Å². The first-order valence-electron chi connectivity index (χ1n) is 8.99. The lowest BCUT2D eigenvalue weighted by Gasteiger charge is -2.08. The zero-order valence-electron chi connectivity index (χ0n) is 15.7. The Balaban J connectivity index is 1.67. The van der Waals surface area contributed by atoms with Gasteiger partial charge in [0.2, 0.25) is 11.8 Å². The molecule has 2 rings (SSSR count). The van der Waals surface area contributed by atoms with E-state index in [4.69, 9.17) is 0 Å². The predicted octanol–water partition coefficient (Wildman–Crippen LogP) is 3.33. The molecule has 0 spiro atoms. The molecule has 0 radical (unpaired) electrons. The summed E-state index contributed by atoms with van der Waals surface area (Å²) in [7, 11) is 0. The molecule has 0 aliphatic rings. The molecule has 2 amide bonds. The van der Waals surface area contributed by atoms with Gasteiger partial charge >= 0.3 is 0 Å². The molecule has 1 aromatic heterocycles. The highest BCUT2D eigenvalue weighted by atomic mass is 32.1. The zero-order valence-corrected chi connectivity index (χ0v) is 16.5. The molecule has 0 saturated heterocycles. The van der Waals surface area contributed by atoms with Crippen molar-refractivity contribution in [2.75, 3.05) is 13.1 Å². The number of aromatic nitrogens is 1. The lowest BCUT2D eigenvalue weighted by Crippen LogP contribution is -2.37. The summed E-state index contributed by atoms with van der Waals surface area (Å²) in [6, 6.07) is 8.23. The fourth-order valence-electron chi connectivity index (χ4n) is 2.43. The molecule has 26 heavy (non-hydrogen) atoms. The normalized spacial score (nSPS) is 10.8. The van der Waals surface area contributed by atoms with Gasteiger partial charge in [-0.05, 0) is 31.2 Å².